The number of hydrogen-bond acceptors (Lipinski definition) is 5. The van der Waals surface area contributed by atoms with Crippen molar-refractivity contribution in [3.63, 3.8) is 0 Å². The maximum Gasteiger partial charge on any atom is 0.361 e. The molecular formula is C9H13NO5. The standard InChI is InChI=1S/C9H13NO5/c1-5(2)8(13)9(14)15-10-6(11)3-4-7(10)12/h5,8,13H,3-4H2,1-2H3/t8-/m0/s1. The summed E-state index contributed by atoms with van der Waals surface area (Å²) in [6.45, 7) is 3.25. The average molecular weight is 215 g/mol. The molecule has 0 aliphatic carbocycles. The molecule has 15 heavy (non-hydrogen) atoms. The molecule has 1 heterocycles. The van der Waals surface area contributed by atoms with E-state index in [-0.39, 0.29) is 18.8 Å². The molecule has 1 N–H and O–H groups in total. The molecule has 1 aliphatic heterocycles. The third kappa shape index (κ3) is 2.53. The van der Waals surface area contributed by atoms with Gasteiger partial charge >= 0.3 is 5.97 Å². The largest absolute Gasteiger partial charge is 0.381 e. The van der Waals surface area contributed by atoms with E-state index in [4.69, 9.17) is 0 Å². The van der Waals surface area contributed by atoms with Gasteiger partial charge in [-0.05, 0) is 5.92 Å². The Morgan fingerprint density at radius 3 is 2.20 bits per heavy atom. The van der Waals surface area contributed by atoms with Crippen LogP contribution in [-0.4, -0.2) is 34.1 Å². The smallest absolute Gasteiger partial charge is 0.361 e. The van der Waals surface area contributed by atoms with Crippen LogP contribution < -0.4 is 0 Å². The van der Waals surface area contributed by atoms with Gasteiger partial charge in [-0.3, -0.25) is 9.59 Å². The molecule has 0 aromatic rings. The Kier molecular flexibility index (Phi) is 3.41. The molecular weight excluding hydrogens is 202 g/mol. The van der Waals surface area contributed by atoms with Crippen molar-refractivity contribution in [2.45, 2.75) is 32.8 Å². The first-order chi connectivity index (χ1) is 6.93. The average Bonchev–Trinajstić information content (AvgIpc) is 2.47. The number of hydrogen-bond donors (Lipinski definition) is 1. The summed E-state index contributed by atoms with van der Waals surface area (Å²) < 4.78 is 0. The van der Waals surface area contributed by atoms with E-state index in [1.165, 1.54) is 0 Å². The summed E-state index contributed by atoms with van der Waals surface area (Å²) in [5, 5.41) is 9.73. The first kappa shape index (κ1) is 11.6. The number of carbonyl (C=O) groups excluding carboxylic acids is 3. The highest BCUT2D eigenvalue weighted by atomic mass is 16.7. The zero-order valence-corrected chi connectivity index (χ0v) is 8.60. The van der Waals surface area contributed by atoms with Gasteiger partial charge in [0.1, 0.15) is 0 Å². The Balaban J connectivity index is 2.58. The molecule has 0 unspecified atom stereocenters. The summed E-state index contributed by atoms with van der Waals surface area (Å²) in [7, 11) is 0. The quantitative estimate of drug-likeness (QED) is 0.648. The predicted octanol–water partition coefficient (Wildman–Crippen LogP) is -0.390. The van der Waals surface area contributed by atoms with Crippen molar-refractivity contribution in [3.05, 3.63) is 0 Å². The molecule has 6 nitrogen and oxygen atoms in total. The third-order valence-electron chi connectivity index (χ3n) is 2.06. The lowest BCUT2D eigenvalue weighted by Gasteiger charge is -2.17. The molecule has 2 amide bonds. The van der Waals surface area contributed by atoms with Crippen LogP contribution in [-0.2, 0) is 19.2 Å². The molecule has 1 aliphatic rings. The lowest BCUT2D eigenvalue weighted by Crippen LogP contribution is -2.38. The topological polar surface area (TPSA) is 83.9 Å². The Morgan fingerprint density at radius 2 is 1.80 bits per heavy atom. The van der Waals surface area contributed by atoms with Gasteiger partial charge in [0.25, 0.3) is 11.8 Å². The number of amides is 2. The van der Waals surface area contributed by atoms with E-state index in [0.717, 1.165) is 0 Å². The van der Waals surface area contributed by atoms with Gasteiger partial charge in [-0.2, -0.15) is 0 Å². The van der Waals surface area contributed by atoms with Crippen molar-refractivity contribution in [1.82, 2.24) is 5.06 Å². The number of aliphatic hydroxyl groups is 1. The van der Waals surface area contributed by atoms with Crippen LogP contribution in [0.2, 0.25) is 0 Å². The van der Waals surface area contributed by atoms with Crippen LogP contribution in [0.25, 0.3) is 0 Å². The first-order valence-corrected chi connectivity index (χ1v) is 4.69. The number of rotatable bonds is 3. The minimum atomic E-state index is -1.33. The summed E-state index contributed by atoms with van der Waals surface area (Å²) >= 11 is 0. The maximum absolute atomic E-state index is 11.2. The lowest BCUT2D eigenvalue weighted by atomic mass is 10.1. The van der Waals surface area contributed by atoms with E-state index in [2.05, 4.69) is 4.84 Å². The van der Waals surface area contributed by atoms with E-state index in [1.54, 1.807) is 13.8 Å². The molecule has 1 rings (SSSR count). The SMILES string of the molecule is CC(C)[C@H](O)C(=O)ON1C(=O)CCC1=O. The Bertz CT molecular complexity index is 283. The van der Waals surface area contributed by atoms with Gasteiger partial charge in [-0.15, -0.1) is 5.06 Å². The van der Waals surface area contributed by atoms with Crippen LogP contribution >= 0.6 is 0 Å². The van der Waals surface area contributed by atoms with Crippen LogP contribution in [0.5, 0.6) is 0 Å². The van der Waals surface area contributed by atoms with Gasteiger partial charge in [0.2, 0.25) is 0 Å². The fourth-order valence-corrected chi connectivity index (χ4v) is 1.07. The molecule has 6 heteroatoms. The van der Waals surface area contributed by atoms with Gasteiger partial charge in [0, 0.05) is 12.8 Å². The fraction of sp³-hybridized carbons (Fsp3) is 0.667. The highest BCUT2D eigenvalue weighted by Crippen LogP contribution is 2.14. The zero-order valence-electron chi connectivity index (χ0n) is 8.60. The second-order valence-corrected chi connectivity index (χ2v) is 3.68. The van der Waals surface area contributed by atoms with Crippen molar-refractivity contribution in [1.29, 1.82) is 0 Å². The third-order valence-corrected chi connectivity index (χ3v) is 2.06. The van der Waals surface area contributed by atoms with Crippen molar-refractivity contribution in [2.24, 2.45) is 5.92 Å². The maximum atomic E-state index is 11.2. The first-order valence-electron chi connectivity index (χ1n) is 4.69. The van der Waals surface area contributed by atoms with Crippen molar-refractivity contribution >= 4 is 17.8 Å². The Morgan fingerprint density at radius 1 is 1.33 bits per heavy atom. The van der Waals surface area contributed by atoms with Crippen LogP contribution in [0.1, 0.15) is 26.7 Å². The zero-order chi connectivity index (χ0) is 11.6. The number of aliphatic hydroxyl groups excluding tert-OH is 1. The van der Waals surface area contributed by atoms with E-state index in [9.17, 15) is 19.5 Å². The van der Waals surface area contributed by atoms with E-state index in [0.29, 0.717) is 5.06 Å². The summed E-state index contributed by atoms with van der Waals surface area (Å²) in [6.07, 6.45) is -1.24. The molecule has 84 valence electrons. The van der Waals surface area contributed by atoms with Gasteiger partial charge < -0.3 is 9.94 Å². The van der Waals surface area contributed by atoms with Crippen LogP contribution in [0.4, 0.5) is 0 Å². The second kappa shape index (κ2) is 4.39. The normalized spacial score (nSPS) is 18.5. The number of carbonyl (C=O) groups is 3. The highest BCUT2D eigenvalue weighted by molar-refractivity contribution is 6.01. The minimum Gasteiger partial charge on any atom is -0.381 e. The molecule has 0 radical (unpaired) electrons. The summed E-state index contributed by atoms with van der Waals surface area (Å²) in [5.74, 6) is -2.41. The highest BCUT2D eigenvalue weighted by Gasteiger charge is 2.34. The summed E-state index contributed by atoms with van der Waals surface area (Å²) in [6, 6.07) is 0. The van der Waals surface area contributed by atoms with E-state index >= 15 is 0 Å². The lowest BCUT2D eigenvalue weighted by molar-refractivity contribution is -0.204. The summed E-state index contributed by atoms with van der Waals surface area (Å²) in [4.78, 5) is 37.8. The molecule has 0 aromatic carbocycles. The minimum absolute atomic E-state index is 0.0455. The molecule has 1 atom stereocenters. The number of hydroxylamine groups is 2. The van der Waals surface area contributed by atoms with Gasteiger partial charge in [-0.25, -0.2) is 4.79 Å². The molecule has 1 fully saturated rings. The molecule has 0 aromatic heterocycles. The van der Waals surface area contributed by atoms with E-state index < -0.39 is 23.9 Å². The van der Waals surface area contributed by atoms with Crippen molar-refractivity contribution in [3.8, 4) is 0 Å². The van der Waals surface area contributed by atoms with Crippen LogP contribution in [0.15, 0.2) is 0 Å². The number of imide groups is 1. The molecule has 0 spiro atoms. The Hall–Kier alpha value is -1.43. The van der Waals surface area contributed by atoms with Crippen molar-refractivity contribution < 1.29 is 24.3 Å². The van der Waals surface area contributed by atoms with Crippen LogP contribution in [0.3, 0.4) is 0 Å². The fourth-order valence-electron chi connectivity index (χ4n) is 1.07. The second-order valence-electron chi connectivity index (χ2n) is 3.68. The number of nitrogens with zero attached hydrogens (tertiary/aromatic N) is 1. The molecule has 1 saturated heterocycles. The molecule has 0 saturated carbocycles. The predicted molar refractivity (Wildman–Crippen MR) is 48.0 cm³/mol. The van der Waals surface area contributed by atoms with Crippen LogP contribution in [0, 0.1) is 5.92 Å². The van der Waals surface area contributed by atoms with E-state index in [1.807, 2.05) is 0 Å². The molecule has 0 bridgehead atoms. The Labute approximate surface area is 86.8 Å². The monoisotopic (exact) mass is 215 g/mol. The van der Waals surface area contributed by atoms with Gasteiger partial charge in [-0.1, -0.05) is 13.8 Å². The van der Waals surface area contributed by atoms with Gasteiger partial charge in [0.15, 0.2) is 6.10 Å². The summed E-state index contributed by atoms with van der Waals surface area (Å²) in [5.41, 5.74) is 0. The van der Waals surface area contributed by atoms with Crippen molar-refractivity contribution in [2.75, 3.05) is 0 Å². The van der Waals surface area contributed by atoms with Gasteiger partial charge in [0.05, 0.1) is 0 Å².